The summed E-state index contributed by atoms with van der Waals surface area (Å²) in [6.45, 7) is 4.38. The van der Waals surface area contributed by atoms with Gasteiger partial charge in [-0.25, -0.2) is 9.78 Å². The van der Waals surface area contributed by atoms with Crippen molar-refractivity contribution >= 4 is 23.6 Å². The summed E-state index contributed by atoms with van der Waals surface area (Å²) in [5.41, 5.74) is 3.81. The Morgan fingerprint density at radius 2 is 1.74 bits per heavy atom. The van der Waals surface area contributed by atoms with Gasteiger partial charge in [-0.05, 0) is 29.9 Å². The lowest BCUT2D eigenvalue weighted by Gasteiger charge is -2.29. The molecule has 2 N–H and O–H groups in total. The SMILES string of the molecule is COC(=O)N[C@H](C(=O)N1CCCC1c1nc(-c2ccc(-c3ccccc3)cc2)c(Cl)[nH]1)C(C)C. The van der Waals surface area contributed by atoms with Crippen molar-refractivity contribution in [1.82, 2.24) is 20.2 Å². The van der Waals surface area contributed by atoms with Crippen LogP contribution >= 0.6 is 11.6 Å². The van der Waals surface area contributed by atoms with Crippen molar-refractivity contribution in [3.63, 3.8) is 0 Å². The lowest BCUT2D eigenvalue weighted by molar-refractivity contribution is -0.135. The Bertz CT molecular complexity index is 1140. The third kappa shape index (κ3) is 4.94. The molecule has 2 amide bonds. The summed E-state index contributed by atoms with van der Waals surface area (Å²) < 4.78 is 4.70. The van der Waals surface area contributed by atoms with Crippen molar-refractivity contribution < 1.29 is 14.3 Å². The maximum Gasteiger partial charge on any atom is 0.407 e. The van der Waals surface area contributed by atoms with Gasteiger partial charge >= 0.3 is 6.09 Å². The Labute approximate surface area is 204 Å². The van der Waals surface area contributed by atoms with E-state index in [-0.39, 0.29) is 17.9 Å². The number of nitrogens with zero attached hydrogens (tertiary/aromatic N) is 2. The standard InChI is InChI=1S/C26H29ClN4O3/c1-16(2)21(29-26(33)34-3)25(32)31-15-7-10-20(31)24-28-22(23(27)30-24)19-13-11-18(12-14-19)17-8-5-4-6-9-17/h4-6,8-9,11-14,16,20-21H,7,10,15H2,1-3H3,(H,28,30)(H,29,33)/t20?,21-/m0/s1. The summed E-state index contributed by atoms with van der Waals surface area (Å²) >= 11 is 6.55. The van der Waals surface area contributed by atoms with E-state index in [0.717, 1.165) is 29.5 Å². The largest absolute Gasteiger partial charge is 0.453 e. The van der Waals surface area contributed by atoms with Crippen molar-refractivity contribution in [3.8, 4) is 22.4 Å². The smallest absolute Gasteiger partial charge is 0.407 e. The van der Waals surface area contributed by atoms with Gasteiger partial charge in [0, 0.05) is 12.1 Å². The average Bonchev–Trinajstić information content (AvgIpc) is 3.49. The molecule has 1 aromatic heterocycles. The maximum atomic E-state index is 13.3. The zero-order valence-corrected chi connectivity index (χ0v) is 20.3. The van der Waals surface area contributed by atoms with Crippen LogP contribution in [-0.2, 0) is 9.53 Å². The molecule has 34 heavy (non-hydrogen) atoms. The number of aromatic amines is 1. The molecule has 0 radical (unpaired) electrons. The monoisotopic (exact) mass is 480 g/mol. The minimum absolute atomic E-state index is 0.0910. The van der Waals surface area contributed by atoms with E-state index in [9.17, 15) is 9.59 Å². The number of halogens is 1. The third-order valence-corrected chi connectivity index (χ3v) is 6.46. The number of alkyl carbamates (subject to hydrolysis) is 1. The summed E-state index contributed by atoms with van der Waals surface area (Å²) in [7, 11) is 1.29. The van der Waals surface area contributed by atoms with E-state index < -0.39 is 12.1 Å². The summed E-state index contributed by atoms with van der Waals surface area (Å²) in [5.74, 6) is 0.412. The van der Waals surface area contributed by atoms with Gasteiger partial charge in [0.2, 0.25) is 5.91 Å². The Hall–Kier alpha value is -3.32. The van der Waals surface area contributed by atoms with Gasteiger partial charge in [0.05, 0.1) is 13.2 Å². The van der Waals surface area contributed by atoms with Gasteiger partial charge in [0.15, 0.2) is 0 Å². The molecule has 178 valence electrons. The molecular weight excluding hydrogens is 452 g/mol. The van der Waals surface area contributed by atoms with Crippen molar-refractivity contribution in [1.29, 1.82) is 0 Å². The molecule has 8 heteroatoms. The van der Waals surface area contributed by atoms with Crippen LogP contribution in [0.5, 0.6) is 0 Å². The summed E-state index contributed by atoms with van der Waals surface area (Å²) in [6, 6.07) is 17.3. The molecule has 0 spiro atoms. The highest BCUT2D eigenvalue weighted by molar-refractivity contribution is 6.31. The zero-order valence-electron chi connectivity index (χ0n) is 19.5. The first-order valence-electron chi connectivity index (χ1n) is 11.4. The highest BCUT2D eigenvalue weighted by Crippen LogP contribution is 2.35. The second-order valence-corrected chi connectivity index (χ2v) is 9.15. The molecule has 3 aromatic rings. The lowest BCUT2D eigenvalue weighted by atomic mass is 10.0. The molecule has 2 atom stereocenters. The van der Waals surface area contributed by atoms with Crippen molar-refractivity contribution in [2.75, 3.05) is 13.7 Å². The second kappa shape index (κ2) is 10.3. The number of nitrogens with one attached hydrogen (secondary N) is 2. The molecule has 1 fully saturated rings. The van der Waals surface area contributed by atoms with Crippen LogP contribution in [0.2, 0.25) is 5.15 Å². The Balaban J connectivity index is 1.56. The summed E-state index contributed by atoms with van der Waals surface area (Å²) in [4.78, 5) is 34.9. The quantitative estimate of drug-likeness (QED) is 0.491. The number of carbonyl (C=O) groups excluding carboxylic acids is 2. The van der Waals surface area contributed by atoms with Crippen molar-refractivity contribution in [2.24, 2.45) is 5.92 Å². The van der Waals surface area contributed by atoms with Gasteiger partial charge in [0.1, 0.15) is 22.7 Å². The normalized spacial score (nSPS) is 16.5. The fraction of sp³-hybridized carbons (Fsp3) is 0.346. The molecule has 2 heterocycles. The first-order chi connectivity index (χ1) is 16.4. The second-order valence-electron chi connectivity index (χ2n) is 8.78. The fourth-order valence-electron chi connectivity index (χ4n) is 4.36. The van der Waals surface area contributed by atoms with Crippen LogP contribution in [0.15, 0.2) is 54.6 Å². The zero-order chi connectivity index (χ0) is 24.2. The van der Waals surface area contributed by atoms with Crippen molar-refractivity contribution in [2.45, 2.75) is 38.8 Å². The lowest BCUT2D eigenvalue weighted by Crippen LogP contribution is -2.51. The Morgan fingerprint density at radius 3 is 2.38 bits per heavy atom. The molecule has 0 aliphatic carbocycles. The van der Waals surface area contributed by atoms with Gasteiger partial charge in [0.25, 0.3) is 0 Å². The number of aromatic nitrogens is 2. The van der Waals surface area contributed by atoms with E-state index in [4.69, 9.17) is 21.3 Å². The number of amides is 2. The van der Waals surface area contributed by atoms with Gasteiger partial charge in [-0.2, -0.15) is 0 Å². The third-order valence-electron chi connectivity index (χ3n) is 6.19. The molecule has 0 saturated carbocycles. The van der Waals surface area contributed by atoms with Crippen LogP contribution < -0.4 is 5.32 Å². The number of H-pyrrole nitrogens is 1. The Morgan fingerprint density at radius 1 is 1.09 bits per heavy atom. The summed E-state index contributed by atoms with van der Waals surface area (Å²) in [5, 5.41) is 3.11. The molecule has 1 aliphatic heterocycles. The van der Waals surface area contributed by atoms with E-state index in [1.807, 2.05) is 56.3 Å². The topological polar surface area (TPSA) is 87.3 Å². The van der Waals surface area contributed by atoms with E-state index in [0.29, 0.717) is 23.2 Å². The first kappa shape index (κ1) is 23.8. The number of hydrogen-bond donors (Lipinski definition) is 2. The molecule has 2 aromatic carbocycles. The number of likely N-dealkylation sites (tertiary alicyclic amines) is 1. The van der Waals surface area contributed by atoms with Gasteiger partial charge in [-0.3, -0.25) is 4.79 Å². The number of imidazole rings is 1. The van der Waals surface area contributed by atoms with E-state index in [1.165, 1.54) is 7.11 Å². The maximum absolute atomic E-state index is 13.3. The highest BCUT2D eigenvalue weighted by atomic mass is 35.5. The number of rotatable bonds is 6. The molecule has 4 rings (SSSR count). The number of carbonyl (C=O) groups is 2. The number of ether oxygens (including phenoxy) is 1. The molecule has 1 saturated heterocycles. The van der Waals surface area contributed by atoms with Gasteiger partial charge in [-0.1, -0.05) is 80.0 Å². The van der Waals surface area contributed by atoms with Crippen LogP contribution in [0.25, 0.3) is 22.4 Å². The molecule has 1 aliphatic rings. The van der Waals surface area contributed by atoms with Crippen LogP contribution in [-0.4, -0.2) is 46.6 Å². The van der Waals surface area contributed by atoms with E-state index in [1.54, 1.807) is 4.90 Å². The van der Waals surface area contributed by atoms with Crippen LogP contribution in [0.1, 0.15) is 38.6 Å². The van der Waals surface area contributed by atoms with Crippen molar-refractivity contribution in [3.05, 3.63) is 65.6 Å². The fourth-order valence-corrected chi connectivity index (χ4v) is 4.61. The van der Waals surface area contributed by atoms with Crippen LogP contribution in [0.3, 0.4) is 0 Å². The highest BCUT2D eigenvalue weighted by Gasteiger charge is 2.37. The predicted octanol–water partition coefficient (Wildman–Crippen LogP) is 5.44. The molecule has 0 bridgehead atoms. The number of benzene rings is 2. The van der Waals surface area contributed by atoms with Crippen LogP contribution in [0, 0.1) is 5.92 Å². The van der Waals surface area contributed by atoms with E-state index >= 15 is 0 Å². The van der Waals surface area contributed by atoms with Crippen LogP contribution in [0.4, 0.5) is 4.79 Å². The minimum atomic E-state index is -0.677. The minimum Gasteiger partial charge on any atom is -0.453 e. The first-order valence-corrected chi connectivity index (χ1v) is 11.8. The van der Waals surface area contributed by atoms with E-state index in [2.05, 4.69) is 22.4 Å². The van der Waals surface area contributed by atoms with Gasteiger partial charge < -0.3 is 19.9 Å². The predicted molar refractivity (Wildman–Crippen MR) is 132 cm³/mol. The molecule has 1 unspecified atom stereocenters. The number of methoxy groups -OCH3 is 1. The Kier molecular flexibility index (Phi) is 7.22. The molecular formula is C26H29ClN4O3. The molecule has 7 nitrogen and oxygen atoms in total. The number of hydrogen-bond acceptors (Lipinski definition) is 4. The average molecular weight is 481 g/mol. The summed E-state index contributed by atoms with van der Waals surface area (Å²) in [6.07, 6.45) is 0.995. The van der Waals surface area contributed by atoms with Gasteiger partial charge in [-0.15, -0.1) is 0 Å².